The molecule has 14 heteroatoms. The second-order valence-electron chi connectivity index (χ2n) is 3.57. The van der Waals surface area contributed by atoms with E-state index in [9.17, 15) is 19.8 Å². The van der Waals surface area contributed by atoms with E-state index < -0.39 is 36.4 Å². The van der Waals surface area contributed by atoms with Gasteiger partial charge in [-0.05, 0) is 0 Å². The van der Waals surface area contributed by atoms with Gasteiger partial charge in [0.15, 0.2) is 0 Å². The summed E-state index contributed by atoms with van der Waals surface area (Å²) in [7, 11) is 0. The number of aliphatic hydroxyl groups is 8. The van der Waals surface area contributed by atoms with Crippen LogP contribution in [0, 0.1) is 0 Å². The van der Waals surface area contributed by atoms with Gasteiger partial charge in [-0.3, -0.25) is 0 Å². The summed E-state index contributed by atoms with van der Waals surface area (Å²) in [6, 6.07) is 0. The first kappa shape index (κ1) is 36.8. The number of hydrogen-bond donors (Lipinski definition) is 8. The summed E-state index contributed by atoms with van der Waals surface area (Å²) in [5.74, 6) is -4.12. The van der Waals surface area contributed by atoms with Gasteiger partial charge in [-0.25, -0.2) is 0 Å². The van der Waals surface area contributed by atoms with Crippen LogP contribution in [-0.2, 0) is 9.59 Å². The molecule has 0 aliphatic rings. The molecule has 0 aromatic carbocycles. The summed E-state index contributed by atoms with van der Waals surface area (Å²) < 4.78 is 0. The average Bonchev–Trinajstić information content (AvgIpc) is 2.52. The fourth-order valence-corrected chi connectivity index (χ4v) is 0.373. The van der Waals surface area contributed by atoms with E-state index in [4.69, 9.17) is 40.9 Å². The molecule has 0 saturated heterocycles. The second-order valence-corrected chi connectivity index (χ2v) is 3.57. The molecule has 24 heavy (non-hydrogen) atoms. The molecule has 0 aromatic heterocycles. The molecule has 0 aromatic rings. The van der Waals surface area contributed by atoms with Crippen molar-refractivity contribution in [3.05, 3.63) is 0 Å². The summed E-state index contributed by atoms with van der Waals surface area (Å²) in [4.78, 5) is 19.3. The molecule has 0 radical (unpaired) electrons. The third kappa shape index (κ3) is 26.1. The zero-order valence-electron chi connectivity index (χ0n) is 13.3. The van der Waals surface area contributed by atoms with Crippen molar-refractivity contribution in [3.63, 3.8) is 0 Å². The molecule has 134 valence electrons. The zero-order chi connectivity index (χ0) is 18.3. The van der Waals surface area contributed by atoms with Gasteiger partial charge in [0.2, 0.25) is 0 Å². The third-order valence-electron chi connectivity index (χ3n) is 1.63. The number of aliphatic hydroxyl groups excluding tert-OH is 8. The van der Waals surface area contributed by atoms with Gasteiger partial charge in [0.25, 0.3) is 0 Å². The van der Waals surface area contributed by atoms with E-state index in [2.05, 4.69) is 0 Å². The minimum atomic E-state index is -2.44. The SMILES string of the molecule is O=C([O-])C(O)C(O)C(=O)[O-].OCC(O)CO.OCC(O)CO.[K+].[K+]. The van der Waals surface area contributed by atoms with Crippen molar-refractivity contribution in [2.45, 2.75) is 24.4 Å². The fraction of sp³-hybridized carbons (Fsp3) is 0.800. The first-order valence-corrected chi connectivity index (χ1v) is 5.66. The predicted octanol–water partition coefficient (Wildman–Crippen LogP) is -14.1. The van der Waals surface area contributed by atoms with Gasteiger partial charge >= 0.3 is 103 Å². The number of carbonyl (C=O) groups is 2. The summed E-state index contributed by atoms with van der Waals surface area (Å²) in [6.07, 6.45) is -6.79. The number of aliphatic carboxylic acids is 2. The maximum absolute atomic E-state index is 9.63. The van der Waals surface area contributed by atoms with Crippen molar-refractivity contribution >= 4 is 11.9 Å². The van der Waals surface area contributed by atoms with Crippen LogP contribution >= 0.6 is 0 Å². The normalized spacial score (nSPS) is 11.6. The predicted molar refractivity (Wildman–Crippen MR) is 62.4 cm³/mol. The fourth-order valence-electron chi connectivity index (χ4n) is 0.373. The Labute approximate surface area is 222 Å². The smallest absolute Gasteiger partial charge is 0.547 e. The topological polar surface area (TPSA) is 242 Å². The number of hydrogen-bond acceptors (Lipinski definition) is 12. The molecular weight excluding hydrogens is 390 g/mol. The minimum Gasteiger partial charge on any atom is -0.547 e. The van der Waals surface area contributed by atoms with Gasteiger partial charge in [-0.1, -0.05) is 0 Å². The molecule has 0 heterocycles. The zero-order valence-corrected chi connectivity index (χ0v) is 19.6. The number of rotatable bonds is 7. The van der Waals surface area contributed by atoms with Crippen molar-refractivity contribution in [1.82, 2.24) is 0 Å². The van der Waals surface area contributed by atoms with Crippen molar-refractivity contribution in [3.8, 4) is 0 Å². The van der Waals surface area contributed by atoms with Crippen LogP contribution in [0.3, 0.4) is 0 Å². The molecule has 0 amide bonds. The molecule has 0 rings (SSSR count). The summed E-state index contributed by atoms with van der Waals surface area (Å²) >= 11 is 0. The van der Waals surface area contributed by atoms with E-state index in [1.54, 1.807) is 0 Å². The van der Waals surface area contributed by atoms with Crippen molar-refractivity contribution in [1.29, 1.82) is 0 Å². The summed E-state index contributed by atoms with van der Waals surface area (Å²) in [6.45, 7) is -1.46. The average molecular weight is 410 g/mol. The number of carboxylic acids is 2. The van der Waals surface area contributed by atoms with Gasteiger partial charge in [-0.2, -0.15) is 0 Å². The monoisotopic (exact) mass is 410 g/mol. The van der Waals surface area contributed by atoms with E-state index in [1.807, 2.05) is 0 Å². The maximum Gasteiger partial charge on any atom is 1.00 e. The van der Waals surface area contributed by atoms with E-state index >= 15 is 0 Å². The maximum atomic E-state index is 9.63. The molecule has 2 atom stereocenters. The van der Waals surface area contributed by atoms with Crippen LogP contribution < -0.4 is 113 Å². The Kier molecular flexibility index (Phi) is 38.1. The number of carbonyl (C=O) groups excluding carboxylic acids is 2. The molecule has 0 aliphatic carbocycles. The summed E-state index contributed by atoms with van der Waals surface area (Å²) in [5.41, 5.74) is 0. The van der Waals surface area contributed by atoms with Crippen molar-refractivity contribution in [2.75, 3.05) is 26.4 Å². The first-order valence-electron chi connectivity index (χ1n) is 5.66. The Bertz CT molecular complexity index is 257. The standard InChI is InChI=1S/C4H6O6.2C3H8O3.2K/c5-1(3(7)8)2(6)4(9)10;2*4-1-3(6)2-5;;/h1-2,5-6H,(H,7,8)(H,9,10);2*3-6H,1-2H2;;/q;;;2*+1/p-2. The van der Waals surface area contributed by atoms with Gasteiger partial charge in [0.1, 0.15) is 24.4 Å². The molecule has 0 spiro atoms. The quantitative estimate of drug-likeness (QED) is 0.182. The molecule has 0 fully saturated rings. The van der Waals surface area contributed by atoms with Crippen LogP contribution in [0.1, 0.15) is 0 Å². The van der Waals surface area contributed by atoms with E-state index in [1.165, 1.54) is 0 Å². The van der Waals surface area contributed by atoms with Crippen LogP contribution in [0.15, 0.2) is 0 Å². The van der Waals surface area contributed by atoms with Crippen LogP contribution in [0.25, 0.3) is 0 Å². The second kappa shape index (κ2) is 24.9. The molecular formula is C10H20K2O12. The number of carboxylic acid groups (broad SMARTS) is 2. The summed E-state index contributed by atoms with van der Waals surface area (Å²) in [5, 5.41) is 83.8. The van der Waals surface area contributed by atoms with E-state index in [-0.39, 0.29) is 129 Å². The largest absolute Gasteiger partial charge is 1.00 e. The van der Waals surface area contributed by atoms with Gasteiger partial charge in [0, 0.05) is 0 Å². The Morgan fingerprint density at radius 3 is 0.833 bits per heavy atom. The Balaban J connectivity index is -0.0000000759. The Hall–Kier alpha value is 1.89. The Morgan fingerprint density at radius 1 is 0.625 bits per heavy atom. The van der Waals surface area contributed by atoms with Gasteiger partial charge in [-0.15, -0.1) is 0 Å². The van der Waals surface area contributed by atoms with Crippen LogP contribution in [-0.4, -0.2) is 104 Å². The third-order valence-corrected chi connectivity index (χ3v) is 1.63. The van der Waals surface area contributed by atoms with Crippen molar-refractivity contribution in [2.24, 2.45) is 0 Å². The van der Waals surface area contributed by atoms with Crippen molar-refractivity contribution < 1.29 is 163 Å². The molecule has 0 bridgehead atoms. The van der Waals surface area contributed by atoms with Gasteiger partial charge in [0.05, 0.1) is 38.4 Å². The van der Waals surface area contributed by atoms with Crippen LogP contribution in [0.4, 0.5) is 0 Å². The molecule has 0 saturated carbocycles. The van der Waals surface area contributed by atoms with Gasteiger partial charge < -0.3 is 60.7 Å². The Morgan fingerprint density at radius 2 is 0.792 bits per heavy atom. The van der Waals surface area contributed by atoms with E-state index in [0.29, 0.717) is 0 Å². The van der Waals surface area contributed by atoms with Crippen LogP contribution in [0.5, 0.6) is 0 Å². The van der Waals surface area contributed by atoms with Crippen LogP contribution in [0.2, 0.25) is 0 Å². The molecule has 2 unspecified atom stereocenters. The minimum absolute atomic E-state index is 0. The molecule has 0 aliphatic heterocycles. The van der Waals surface area contributed by atoms with E-state index in [0.717, 1.165) is 0 Å². The molecule has 8 N–H and O–H groups in total. The molecule has 12 nitrogen and oxygen atoms in total. The first-order chi connectivity index (χ1) is 10.1.